The maximum atomic E-state index is 5.85. The summed E-state index contributed by atoms with van der Waals surface area (Å²) in [6.07, 6.45) is 5.07. The number of nitrogens with one attached hydrogen (secondary N) is 1. The highest BCUT2D eigenvalue weighted by Crippen LogP contribution is 2.37. The molecular weight excluding hydrogens is 346 g/mol. The summed E-state index contributed by atoms with van der Waals surface area (Å²) in [4.78, 5) is 0. The molecule has 0 aliphatic carbocycles. The van der Waals surface area contributed by atoms with Gasteiger partial charge in [0.15, 0.2) is 0 Å². The molecule has 21 heavy (non-hydrogen) atoms. The van der Waals surface area contributed by atoms with Gasteiger partial charge in [-0.3, -0.25) is 0 Å². The number of hydrogen-bond acceptors (Lipinski definition) is 3. The van der Waals surface area contributed by atoms with Crippen LogP contribution in [0.2, 0.25) is 0 Å². The van der Waals surface area contributed by atoms with Crippen molar-refractivity contribution in [3.63, 3.8) is 0 Å². The summed E-state index contributed by atoms with van der Waals surface area (Å²) in [7, 11) is 0. The number of fused-ring (bicyclic) bond motifs is 1. The summed E-state index contributed by atoms with van der Waals surface area (Å²) in [5.41, 5.74) is 1.43. The maximum Gasteiger partial charge on any atom is 0.0594 e. The van der Waals surface area contributed by atoms with E-state index in [-0.39, 0.29) is 0 Å². The summed E-state index contributed by atoms with van der Waals surface area (Å²) in [6.45, 7) is 4.21. The van der Waals surface area contributed by atoms with E-state index in [1.807, 2.05) is 11.3 Å². The Balaban J connectivity index is 1.87. The van der Waals surface area contributed by atoms with E-state index in [4.69, 9.17) is 4.74 Å². The zero-order valence-electron chi connectivity index (χ0n) is 12.4. The molecule has 114 valence electrons. The highest BCUT2D eigenvalue weighted by Gasteiger charge is 2.23. The molecule has 1 fully saturated rings. The third kappa shape index (κ3) is 3.50. The second-order valence-electron chi connectivity index (χ2n) is 5.69. The van der Waals surface area contributed by atoms with Crippen LogP contribution in [0.5, 0.6) is 0 Å². The Morgan fingerprint density at radius 2 is 2.38 bits per heavy atom. The van der Waals surface area contributed by atoms with E-state index in [0.29, 0.717) is 12.1 Å². The van der Waals surface area contributed by atoms with Crippen LogP contribution >= 0.6 is 27.3 Å². The van der Waals surface area contributed by atoms with Crippen LogP contribution in [0.4, 0.5) is 0 Å². The lowest BCUT2D eigenvalue weighted by Gasteiger charge is -2.21. The van der Waals surface area contributed by atoms with E-state index < -0.39 is 0 Å². The number of hydrogen-bond donors (Lipinski definition) is 1. The Morgan fingerprint density at radius 1 is 1.48 bits per heavy atom. The lowest BCUT2D eigenvalue weighted by molar-refractivity contribution is 0.0947. The van der Waals surface area contributed by atoms with Gasteiger partial charge in [0.1, 0.15) is 0 Å². The molecule has 1 aromatic heterocycles. The second-order valence-corrected chi connectivity index (χ2v) is 7.42. The van der Waals surface area contributed by atoms with E-state index in [2.05, 4.69) is 51.7 Å². The molecule has 1 aromatic carbocycles. The van der Waals surface area contributed by atoms with Crippen molar-refractivity contribution in [1.29, 1.82) is 0 Å². The van der Waals surface area contributed by atoms with Crippen molar-refractivity contribution in [2.75, 3.05) is 13.2 Å². The third-order valence-electron chi connectivity index (χ3n) is 4.12. The van der Waals surface area contributed by atoms with Gasteiger partial charge in [-0.15, -0.1) is 11.3 Å². The van der Waals surface area contributed by atoms with Crippen molar-refractivity contribution in [2.24, 2.45) is 0 Å². The first kappa shape index (κ1) is 15.5. The van der Waals surface area contributed by atoms with Crippen molar-refractivity contribution in [3.05, 3.63) is 33.6 Å². The minimum atomic E-state index is 0.399. The summed E-state index contributed by atoms with van der Waals surface area (Å²) in [6, 6.07) is 6.89. The molecule has 2 atom stereocenters. The largest absolute Gasteiger partial charge is 0.378 e. The molecule has 0 radical (unpaired) electrons. The zero-order valence-corrected chi connectivity index (χ0v) is 14.8. The number of halogens is 1. The topological polar surface area (TPSA) is 21.3 Å². The van der Waals surface area contributed by atoms with Gasteiger partial charge in [-0.1, -0.05) is 19.1 Å². The molecule has 1 saturated heterocycles. The molecule has 0 saturated carbocycles. The van der Waals surface area contributed by atoms with Crippen LogP contribution in [0, 0.1) is 0 Å². The normalized spacial score (nSPS) is 20.2. The number of thiophene rings is 1. The Bertz CT molecular complexity index is 591. The Kier molecular flexibility index (Phi) is 5.33. The van der Waals surface area contributed by atoms with Crippen LogP contribution < -0.4 is 5.32 Å². The number of benzene rings is 1. The van der Waals surface area contributed by atoms with Gasteiger partial charge in [0.05, 0.1) is 6.10 Å². The fraction of sp³-hybridized carbons (Fsp3) is 0.529. The van der Waals surface area contributed by atoms with Crippen LogP contribution in [0.15, 0.2) is 28.1 Å². The molecule has 4 heteroatoms. The fourth-order valence-electron chi connectivity index (χ4n) is 3.04. The Labute approximate surface area is 139 Å². The molecule has 0 amide bonds. The van der Waals surface area contributed by atoms with Crippen LogP contribution in [0.1, 0.15) is 44.2 Å². The van der Waals surface area contributed by atoms with Gasteiger partial charge in [0.2, 0.25) is 0 Å². The molecule has 0 bridgehead atoms. The van der Waals surface area contributed by atoms with E-state index in [9.17, 15) is 0 Å². The van der Waals surface area contributed by atoms with Crippen molar-refractivity contribution in [1.82, 2.24) is 5.32 Å². The summed E-state index contributed by atoms with van der Waals surface area (Å²) >= 11 is 5.50. The molecule has 0 spiro atoms. The van der Waals surface area contributed by atoms with Crippen LogP contribution in [-0.2, 0) is 4.74 Å². The van der Waals surface area contributed by atoms with E-state index in [0.717, 1.165) is 26.0 Å². The Morgan fingerprint density at radius 3 is 3.14 bits per heavy atom. The molecule has 1 N–H and O–H groups in total. The zero-order chi connectivity index (χ0) is 14.7. The molecule has 1 aliphatic rings. The summed E-state index contributed by atoms with van der Waals surface area (Å²) in [5, 5.41) is 7.41. The quantitative estimate of drug-likeness (QED) is 0.750. The average Bonchev–Trinajstić information content (AvgIpc) is 3.13. The van der Waals surface area contributed by atoms with Gasteiger partial charge in [-0.2, -0.15) is 0 Å². The first-order valence-electron chi connectivity index (χ1n) is 7.80. The van der Waals surface area contributed by atoms with Crippen molar-refractivity contribution >= 4 is 37.4 Å². The molecule has 2 unspecified atom stereocenters. The van der Waals surface area contributed by atoms with Crippen molar-refractivity contribution in [3.8, 4) is 0 Å². The predicted molar refractivity (Wildman–Crippen MR) is 94.2 cm³/mol. The molecular formula is C17H22BrNOS. The average molecular weight is 368 g/mol. The van der Waals surface area contributed by atoms with Gasteiger partial charge >= 0.3 is 0 Å². The van der Waals surface area contributed by atoms with Crippen LogP contribution in [0.25, 0.3) is 10.1 Å². The van der Waals surface area contributed by atoms with E-state index >= 15 is 0 Å². The lowest BCUT2D eigenvalue weighted by Crippen LogP contribution is -2.26. The predicted octanol–water partition coefficient (Wildman–Crippen LogP) is 5.27. The fourth-order valence-corrected chi connectivity index (χ4v) is 4.72. The van der Waals surface area contributed by atoms with Gasteiger partial charge in [0, 0.05) is 21.8 Å². The van der Waals surface area contributed by atoms with Crippen LogP contribution in [-0.4, -0.2) is 19.3 Å². The minimum absolute atomic E-state index is 0.399. The lowest BCUT2D eigenvalue weighted by atomic mass is 9.98. The second kappa shape index (κ2) is 7.23. The summed E-state index contributed by atoms with van der Waals surface area (Å²) in [5.74, 6) is 0. The first-order valence-corrected chi connectivity index (χ1v) is 9.47. The molecule has 2 heterocycles. The highest BCUT2D eigenvalue weighted by molar-refractivity contribution is 9.10. The van der Waals surface area contributed by atoms with Gasteiger partial charge in [-0.05, 0) is 70.6 Å². The number of rotatable bonds is 6. The molecule has 3 rings (SSSR count). The molecule has 2 nitrogen and oxygen atoms in total. The molecule has 1 aliphatic heterocycles. The standard InChI is InChI=1S/C17H22BrNOS/c1-2-8-19-16(10-12-5-4-9-20-12)14-11-21-17-13(14)6-3-7-15(17)18/h3,6-7,11-12,16,19H,2,4-5,8-10H2,1H3. The minimum Gasteiger partial charge on any atom is -0.378 e. The van der Waals surface area contributed by atoms with Crippen LogP contribution in [0.3, 0.4) is 0 Å². The third-order valence-corrected chi connectivity index (χ3v) is 6.09. The van der Waals surface area contributed by atoms with Crippen molar-refractivity contribution < 1.29 is 4.74 Å². The van der Waals surface area contributed by atoms with Gasteiger partial charge in [-0.25, -0.2) is 0 Å². The van der Waals surface area contributed by atoms with Gasteiger partial charge < -0.3 is 10.1 Å². The maximum absolute atomic E-state index is 5.85. The molecule has 2 aromatic rings. The smallest absolute Gasteiger partial charge is 0.0594 e. The van der Waals surface area contributed by atoms with E-state index in [1.165, 1.54) is 33.0 Å². The Hall–Kier alpha value is -0.420. The number of ether oxygens (including phenoxy) is 1. The summed E-state index contributed by atoms with van der Waals surface area (Å²) < 4.78 is 8.40. The highest BCUT2D eigenvalue weighted by atomic mass is 79.9. The van der Waals surface area contributed by atoms with Crippen molar-refractivity contribution in [2.45, 2.75) is 44.8 Å². The monoisotopic (exact) mass is 367 g/mol. The SMILES string of the molecule is CCCNC(CC1CCCO1)c1csc2c(Br)cccc12. The first-order chi connectivity index (χ1) is 10.3. The van der Waals surface area contributed by atoms with Gasteiger partial charge in [0.25, 0.3) is 0 Å². The van der Waals surface area contributed by atoms with E-state index in [1.54, 1.807) is 0 Å².